The number of non-ortho nitro benzene ring substituents is 1. The average Bonchev–Trinajstić information content (AvgIpc) is 2.70. The molecular formula is C21H25N3O7. The Morgan fingerprint density at radius 3 is 2.42 bits per heavy atom. The van der Waals surface area contributed by atoms with Gasteiger partial charge in [-0.25, -0.2) is 4.79 Å². The van der Waals surface area contributed by atoms with Crippen LogP contribution in [0.5, 0.6) is 0 Å². The van der Waals surface area contributed by atoms with Crippen molar-refractivity contribution >= 4 is 29.2 Å². The van der Waals surface area contributed by atoms with Gasteiger partial charge in [-0.2, -0.15) is 0 Å². The number of aliphatic imine (C=N–C) groups is 1. The first-order valence-corrected chi connectivity index (χ1v) is 9.61. The number of hydrogen-bond acceptors (Lipinski definition) is 7. The van der Waals surface area contributed by atoms with E-state index < -0.39 is 46.6 Å². The molecule has 10 nitrogen and oxygen atoms in total. The predicted octanol–water partition coefficient (Wildman–Crippen LogP) is 2.44. The molecule has 0 fully saturated rings. The molecule has 1 amide bonds. The number of amides is 1. The fourth-order valence-electron chi connectivity index (χ4n) is 3.69. The molecule has 0 aromatic heterocycles. The number of nitrogens with one attached hydrogen (secondary N) is 1. The first-order valence-electron chi connectivity index (χ1n) is 9.61. The minimum atomic E-state index is -1.20. The van der Waals surface area contributed by atoms with Crippen LogP contribution in [0.3, 0.4) is 0 Å². The van der Waals surface area contributed by atoms with E-state index in [9.17, 15) is 29.6 Å². The first kappa shape index (κ1) is 23.7. The SMILES string of the molecule is COC(=O)C1C(C)=NC(C)=C(C(=O)N[C@@H](C(=O)O)C(C)C)[C@H]1c1cccc([N+](=O)[O-])c1. The zero-order chi connectivity index (χ0) is 23.5. The molecule has 1 aliphatic heterocycles. The summed E-state index contributed by atoms with van der Waals surface area (Å²) in [6.45, 7) is 6.48. The van der Waals surface area contributed by atoms with Crippen LogP contribution in [0.15, 0.2) is 40.5 Å². The number of aliphatic carboxylic acids is 1. The van der Waals surface area contributed by atoms with Gasteiger partial charge in [-0.15, -0.1) is 0 Å². The van der Waals surface area contributed by atoms with E-state index >= 15 is 0 Å². The van der Waals surface area contributed by atoms with Crippen LogP contribution in [0.4, 0.5) is 5.69 Å². The van der Waals surface area contributed by atoms with Gasteiger partial charge in [0, 0.05) is 35.0 Å². The molecule has 1 unspecified atom stereocenters. The van der Waals surface area contributed by atoms with Crippen molar-refractivity contribution < 1.29 is 29.2 Å². The number of esters is 1. The maximum absolute atomic E-state index is 13.2. The molecule has 0 spiro atoms. The van der Waals surface area contributed by atoms with Crippen molar-refractivity contribution in [3.8, 4) is 0 Å². The Hall–Kier alpha value is -3.56. The largest absolute Gasteiger partial charge is 0.480 e. The number of carboxylic acid groups (broad SMARTS) is 1. The van der Waals surface area contributed by atoms with Crippen molar-refractivity contribution in [3.05, 3.63) is 51.2 Å². The topological polar surface area (TPSA) is 148 Å². The molecular weight excluding hydrogens is 406 g/mol. The first-order chi connectivity index (χ1) is 14.5. The lowest BCUT2D eigenvalue weighted by atomic mass is 9.75. The summed E-state index contributed by atoms with van der Waals surface area (Å²) in [5.74, 6) is -4.91. The molecule has 2 rings (SSSR count). The summed E-state index contributed by atoms with van der Waals surface area (Å²) in [6, 6.07) is 4.46. The van der Waals surface area contributed by atoms with Crippen molar-refractivity contribution in [1.29, 1.82) is 0 Å². The molecule has 0 saturated heterocycles. The number of hydrogen-bond donors (Lipinski definition) is 2. The fraction of sp³-hybridized carbons (Fsp3) is 0.429. The van der Waals surface area contributed by atoms with Crippen molar-refractivity contribution in [1.82, 2.24) is 5.32 Å². The van der Waals surface area contributed by atoms with Crippen LogP contribution in [-0.2, 0) is 19.1 Å². The molecule has 0 bridgehead atoms. The van der Waals surface area contributed by atoms with Crippen LogP contribution in [0.25, 0.3) is 0 Å². The third kappa shape index (κ3) is 4.96. The van der Waals surface area contributed by atoms with Gasteiger partial charge in [-0.1, -0.05) is 26.0 Å². The Morgan fingerprint density at radius 1 is 1.26 bits per heavy atom. The van der Waals surface area contributed by atoms with E-state index in [4.69, 9.17) is 4.74 Å². The summed E-state index contributed by atoms with van der Waals surface area (Å²) < 4.78 is 4.91. The van der Waals surface area contributed by atoms with Gasteiger partial charge in [-0.3, -0.25) is 24.7 Å². The van der Waals surface area contributed by atoms with Crippen molar-refractivity contribution in [3.63, 3.8) is 0 Å². The summed E-state index contributed by atoms with van der Waals surface area (Å²) in [5, 5.41) is 23.2. The number of methoxy groups -OCH3 is 1. The lowest BCUT2D eigenvalue weighted by molar-refractivity contribution is -0.384. The molecule has 1 aliphatic rings. The predicted molar refractivity (Wildman–Crippen MR) is 112 cm³/mol. The van der Waals surface area contributed by atoms with E-state index in [-0.39, 0.29) is 11.3 Å². The van der Waals surface area contributed by atoms with Crippen molar-refractivity contribution in [2.75, 3.05) is 7.11 Å². The van der Waals surface area contributed by atoms with Gasteiger partial charge in [0.05, 0.1) is 12.0 Å². The van der Waals surface area contributed by atoms with Gasteiger partial charge in [0.2, 0.25) is 5.91 Å². The summed E-state index contributed by atoms with van der Waals surface area (Å²) in [5.41, 5.74) is 0.882. The van der Waals surface area contributed by atoms with E-state index in [0.717, 1.165) is 0 Å². The Bertz CT molecular complexity index is 981. The van der Waals surface area contributed by atoms with E-state index in [1.807, 2.05) is 0 Å². The number of ether oxygens (including phenoxy) is 1. The van der Waals surface area contributed by atoms with E-state index in [1.54, 1.807) is 33.8 Å². The maximum Gasteiger partial charge on any atom is 0.326 e. The second kappa shape index (κ2) is 9.50. The highest BCUT2D eigenvalue weighted by molar-refractivity contribution is 6.08. The van der Waals surface area contributed by atoms with Gasteiger partial charge in [0.1, 0.15) is 12.0 Å². The zero-order valence-electron chi connectivity index (χ0n) is 17.9. The van der Waals surface area contributed by atoms with Gasteiger partial charge in [-0.05, 0) is 25.3 Å². The van der Waals surface area contributed by atoms with Gasteiger partial charge in [0.25, 0.3) is 5.69 Å². The Morgan fingerprint density at radius 2 is 1.90 bits per heavy atom. The summed E-state index contributed by atoms with van der Waals surface area (Å²) in [7, 11) is 1.20. The fourth-order valence-corrected chi connectivity index (χ4v) is 3.69. The molecule has 2 N–H and O–H groups in total. The normalized spacial score (nSPS) is 19.5. The smallest absolute Gasteiger partial charge is 0.326 e. The summed E-state index contributed by atoms with van der Waals surface area (Å²) >= 11 is 0. The molecule has 0 aliphatic carbocycles. The van der Waals surface area contributed by atoms with Crippen LogP contribution in [-0.4, -0.2) is 46.7 Å². The van der Waals surface area contributed by atoms with Crippen LogP contribution >= 0.6 is 0 Å². The number of rotatable bonds is 7. The minimum absolute atomic E-state index is 0.0633. The third-order valence-corrected chi connectivity index (χ3v) is 5.19. The highest BCUT2D eigenvalue weighted by Gasteiger charge is 2.42. The number of carboxylic acids is 1. The number of benzene rings is 1. The highest BCUT2D eigenvalue weighted by atomic mass is 16.6. The minimum Gasteiger partial charge on any atom is -0.480 e. The number of allylic oxidation sites excluding steroid dienone is 1. The molecule has 1 heterocycles. The second-order valence-corrected chi connectivity index (χ2v) is 7.62. The van der Waals surface area contributed by atoms with Gasteiger partial charge < -0.3 is 15.2 Å². The monoisotopic (exact) mass is 431 g/mol. The van der Waals surface area contributed by atoms with Crippen molar-refractivity contribution in [2.45, 2.75) is 39.7 Å². The van der Waals surface area contributed by atoms with Gasteiger partial charge in [0.15, 0.2) is 0 Å². The van der Waals surface area contributed by atoms with Crippen LogP contribution in [0, 0.1) is 22.0 Å². The molecule has 10 heteroatoms. The van der Waals surface area contributed by atoms with E-state index in [2.05, 4.69) is 10.3 Å². The molecule has 3 atom stereocenters. The average molecular weight is 431 g/mol. The zero-order valence-corrected chi connectivity index (χ0v) is 17.9. The quantitative estimate of drug-likeness (QED) is 0.383. The summed E-state index contributed by atoms with van der Waals surface area (Å²) in [4.78, 5) is 52.4. The maximum atomic E-state index is 13.2. The second-order valence-electron chi connectivity index (χ2n) is 7.62. The number of carbonyl (C=O) groups is 3. The summed E-state index contributed by atoms with van der Waals surface area (Å²) in [6.07, 6.45) is 0. The number of nitro groups is 1. The number of nitro benzene ring substituents is 1. The molecule has 0 saturated carbocycles. The molecule has 1 aromatic rings. The van der Waals surface area contributed by atoms with E-state index in [1.165, 1.54) is 25.3 Å². The lowest BCUT2D eigenvalue weighted by Crippen LogP contribution is -2.47. The van der Waals surface area contributed by atoms with E-state index in [0.29, 0.717) is 17.0 Å². The van der Waals surface area contributed by atoms with Gasteiger partial charge >= 0.3 is 11.9 Å². The van der Waals surface area contributed by atoms with Crippen LogP contribution < -0.4 is 5.32 Å². The standard InChI is InChI=1S/C21H25N3O7/c1-10(2)18(20(26)27)23-19(25)15-11(3)22-12(4)16(21(28)31-5)17(15)13-7-6-8-14(9-13)24(29)30/h6-10,16-18H,1-5H3,(H,23,25)(H,26,27)/t16?,17-,18-/m1/s1. The highest BCUT2D eigenvalue weighted by Crippen LogP contribution is 2.40. The molecule has 31 heavy (non-hydrogen) atoms. The van der Waals surface area contributed by atoms with Crippen molar-refractivity contribution in [2.24, 2.45) is 16.8 Å². The Labute approximate surface area is 179 Å². The molecule has 1 aromatic carbocycles. The Kier molecular flexibility index (Phi) is 7.27. The number of nitrogens with zero attached hydrogens (tertiary/aromatic N) is 2. The number of carbonyl (C=O) groups excluding carboxylic acids is 2. The van der Waals surface area contributed by atoms with Crippen LogP contribution in [0.2, 0.25) is 0 Å². The van der Waals surface area contributed by atoms with Crippen LogP contribution in [0.1, 0.15) is 39.2 Å². The lowest BCUT2D eigenvalue weighted by Gasteiger charge is -2.32. The Balaban J connectivity index is 2.66. The molecule has 166 valence electrons. The molecule has 0 radical (unpaired) electrons. The third-order valence-electron chi connectivity index (χ3n) is 5.19.